The summed E-state index contributed by atoms with van der Waals surface area (Å²) in [5, 5.41) is 7.82. The third-order valence-corrected chi connectivity index (χ3v) is 8.24. The lowest BCUT2D eigenvalue weighted by molar-refractivity contribution is -0.127. The van der Waals surface area contributed by atoms with E-state index in [0.29, 0.717) is 41.5 Å². The highest BCUT2D eigenvalue weighted by Gasteiger charge is 2.35. The first-order valence-electron chi connectivity index (χ1n) is 14.1. The number of alkyl halides is 1. The highest BCUT2D eigenvalue weighted by molar-refractivity contribution is 5.87. The molecule has 0 bridgehead atoms. The van der Waals surface area contributed by atoms with Crippen molar-refractivity contribution in [2.24, 2.45) is 0 Å². The first-order valence-corrected chi connectivity index (χ1v) is 14.1. The lowest BCUT2D eigenvalue weighted by Gasteiger charge is -2.34. The monoisotopic (exact) mass is 565 g/mol. The quantitative estimate of drug-likeness (QED) is 0.290. The molecule has 8 nitrogen and oxygen atoms in total. The molecule has 1 amide bonds. The van der Waals surface area contributed by atoms with Crippen LogP contribution in [0.4, 0.5) is 8.78 Å². The minimum atomic E-state index is -1.09. The molecule has 10 heteroatoms. The van der Waals surface area contributed by atoms with E-state index in [1.807, 2.05) is 41.0 Å². The average Bonchev–Trinajstić information content (AvgIpc) is 3.75. The number of piperidine rings is 1. The molecule has 1 fully saturated rings. The first-order chi connectivity index (χ1) is 20.5. The number of carbonyl (C=O) groups excluding carboxylic acids is 1. The maximum atomic E-state index is 15.5. The van der Waals surface area contributed by atoms with E-state index in [-0.39, 0.29) is 18.4 Å². The molecular formula is C32H29F2N7O. The van der Waals surface area contributed by atoms with Gasteiger partial charge in [-0.25, -0.2) is 23.4 Å². The molecule has 2 aromatic carbocycles. The summed E-state index contributed by atoms with van der Waals surface area (Å²) in [5.41, 5.74) is 4.03. The predicted octanol–water partition coefficient (Wildman–Crippen LogP) is 5.11. The Balaban J connectivity index is 1.26. The highest BCUT2D eigenvalue weighted by Crippen LogP contribution is 2.38. The van der Waals surface area contributed by atoms with E-state index in [9.17, 15) is 4.79 Å². The molecule has 0 radical (unpaired) electrons. The van der Waals surface area contributed by atoms with E-state index in [0.717, 1.165) is 29.7 Å². The van der Waals surface area contributed by atoms with Crippen LogP contribution in [0.25, 0.3) is 34.1 Å². The molecule has 5 aromatic rings. The first kappa shape index (κ1) is 26.2. The smallest absolute Gasteiger partial charge is 0.245 e. The van der Waals surface area contributed by atoms with Gasteiger partial charge in [-0.1, -0.05) is 24.8 Å². The zero-order valence-electron chi connectivity index (χ0n) is 22.8. The van der Waals surface area contributed by atoms with E-state index in [2.05, 4.69) is 17.0 Å². The number of nitrogens with zero attached hydrogens (tertiary/aromatic N) is 6. The second-order valence-electron chi connectivity index (χ2n) is 10.8. The van der Waals surface area contributed by atoms with Gasteiger partial charge in [0.25, 0.3) is 0 Å². The largest absolute Gasteiger partial charge is 0.339 e. The van der Waals surface area contributed by atoms with Crippen LogP contribution in [0.15, 0.2) is 85.7 Å². The summed E-state index contributed by atoms with van der Waals surface area (Å²) in [5.74, 6) is 0.558. The van der Waals surface area contributed by atoms with Crippen molar-refractivity contribution < 1.29 is 13.6 Å². The van der Waals surface area contributed by atoms with Crippen LogP contribution in [-0.2, 0) is 11.2 Å². The molecule has 1 aliphatic heterocycles. The maximum Gasteiger partial charge on any atom is 0.245 e. The summed E-state index contributed by atoms with van der Waals surface area (Å²) in [7, 11) is 0. The molecule has 1 saturated heterocycles. The number of fused-ring (bicyclic) bond motifs is 2. The zero-order chi connectivity index (χ0) is 28.8. The van der Waals surface area contributed by atoms with Gasteiger partial charge in [0.1, 0.15) is 23.3 Å². The number of nitrogens with one attached hydrogen (secondary N) is 1. The molecule has 2 aliphatic rings. The summed E-state index contributed by atoms with van der Waals surface area (Å²) in [6, 6.07) is 17.5. The number of pyridine rings is 1. The normalized spacial score (nSPS) is 18.9. The molecule has 0 saturated carbocycles. The van der Waals surface area contributed by atoms with Crippen LogP contribution >= 0.6 is 0 Å². The fraction of sp³-hybridized carbons (Fsp3) is 0.250. The van der Waals surface area contributed by atoms with Gasteiger partial charge in [-0.2, -0.15) is 5.10 Å². The van der Waals surface area contributed by atoms with Crippen molar-refractivity contribution in [1.29, 1.82) is 0 Å². The summed E-state index contributed by atoms with van der Waals surface area (Å²) >= 11 is 0. The fourth-order valence-corrected chi connectivity index (χ4v) is 6.12. The summed E-state index contributed by atoms with van der Waals surface area (Å²) in [4.78, 5) is 23.4. The van der Waals surface area contributed by atoms with Gasteiger partial charge in [0.2, 0.25) is 5.91 Å². The molecule has 1 unspecified atom stereocenters. The molecule has 3 aromatic heterocycles. The number of imidazole rings is 1. The van der Waals surface area contributed by atoms with Crippen LogP contribution in [0.2, 0.25) is 0 Å². The Hall–Kier alpha value is -4.70. The molecule has 4 heterocycles. The Morgan fingerprint density at radius 2 is 1.88 bits per heavy atom. The van der Waals surface area contributed by atoms with E-state index in [4.69, 9.17) is 9.97 Å². The van der Waals surface area contributed by atoms with Gasteiger partial charge >= 0.3 is 0 Å². The SMILES string of the molecule is C=CC(=O)N1CCC(N[C@@H]2c3ccc(-n4c(-c5ccccc5F)nc5ccc(-n6cccn6)nc54)cc3CC2F)CC1. The standard InChI is InChI=1S/C32H29F2N7O/c1-2-29(42)39-16-12-21(13-17-39)36-30-23-9-8-22(18-20(23)19-26(30)34)41-31(24-6-3-4-7-25(24)33)37-27-10-11-28(38-32(27)41)40-15-5-14-35-40/h2-11,14-15,18,21,26,30,36H,1,12-13,16-17,19H2/t26?,30-/m1/s1. The van der Waals surface area contributed by atoms with Crippen molar-refractivity contribution in [1.82, 2.24) is 34.5 Å². The van der Waals surface area contributed by atoms with Crippen LogP contribution in [0, 0.1) is 5.82 Å². The van der Waals surface area contributed by atoms with Crippen LogP contribution in [0.3, 0.4) is 0 Å². The number of carbonyl (C=O) groups is 1. The van der Waals surface area contributed by atoms with Gasteiger partial charge in [-0.05, 0) is 72.5 Å². The Morgan fingerprint density at radius 1 is 1.05 bits per heavy atom. The van der Waals surface area contributed by atoms with Crippen molar-refractivity contribution in [3.63, 3.8) is 0 Å². The number of hydrogen-bond donors (Lipinski definition) is 1. The Kier molecular flexibility index (Phi) is 6.62. The minimum absolute atomic E-state index is 0.0661. The van der Waals surface area contributed by atoms with Gasteiger partial charge < -0.3 is 10.2 Å². The maximum absolute atomic E-state index is 15.5. The van der Waals surface area contributed by atoms with Crippen LogP contribution in [0.5, 0.6) is 0 Å². The van der Waals surface area contributed by atoms with E-state index < -0.39 is 18.0 Å². The second kappa shape index (κ2) is 10.6. The minimum Gasteiger partial charge on any atom is -0.339 e. The van der Waals surface area contributed by atoms with E-state index >= 15 is 8.78 Å². The number of halogens is 2. The summed E-state index contributed by atoms with van der Waals surface area (Å²) < 4.78 is 34.1. The molecule has 42 heavy (non-hydrogen) atoms. The topological polar surface area (TPSA) is 80.9 Å². The third-order valence-electron chi connectivity index (χ3n) is 8.24. The van der Waals surface area contributed by atoms with Crippen LogP contribution < -0.4 is 5.32 Å². The number of hydrogen-bond acceptors (Lipinski definition) is 5. The lowest BCUT2D eigenvalue weighted by atomic mass is 10.0. The van der Waals surface area contributed by atoms with Crippen LogP contribution in [-0.4, -0.2) is 60.4 Å². The molecule has 2 atom stereocenters. The lowest BCUT2D eigenvalue weighted by Crippen LogP contribution is -2.46. The molecule has 1 N–H and O–H groups in total. The number of benzene rings is 2. The van der Waals surface area contributed by atoms with Gasteiger partial charge in [-0.3, -0.25) is 9.36 Å². The number of likely N-dealkylation sites (tertiary alicyclic amines) is 1. The van der Waals surface area contributed by atoms with Gasteiger partial charge in [0.05, 0.1) is 11.6 Å². The number of rotatable bonds is 6. The third kappa shape index (κ3) is 4.57. The summed E-state index contributed by atoms with van der Waals surface area (Å²) in [6.45, 7) is 4.82. The predicted molar refractivity (Wildman–Crippen MR) is 156 cm³/mol. The van der Waals surface area contributed by atoms with Gasteiger partial charge in [-0.15, -0.1) is 0 Å². The number of aromatic nitrogens is 5. The molecule has 0 spiro atoms. The number of amides is 1. The second-order valence-corrected chi connectivity index (χ2v) is 10.8. The average molecular weight is 566 g/mol. The Bertz CT molecular complexity index is 1790. The van der Waals surface area contributed by atoms with E-state index in [1.54, 1.807) is 40.2 Å². The van der Waals surface area contributed by atoms with Crippen molar-refractivity contribution in [2.75, 3.05) is 13.1 Å². The molecule has 212 valence electrons. The highest BCUT2D eigenvalue weighted by atomic mass is 19.1. The molecule has 1 aliphatic carbocycles. The van der Waals surface area contributed by atoms with E-state index in [1.165, 1.54) is 12.1 Å². The summed E-state index contributed by atoms with van der Waals surface area (Å²) in [6.07, 6.45) is 5.51. The van der Waals surface area contributed by atoms with Crippen molar-refractivity contribution in [3.05, 3.63) is 103 Å². The Morgan fingerprint density at radius 3 is 2.64 bits per heavy atom. The zero-order valence-corrected chi connectivity index (χ0v) is 22.8. The van der Waals surface area contributed by atoms with Crippen molar-refractivity contribution in [2.45, 2.75) is 37.5 Å². The molecular weight excluding hydrogens is 536 g/mol. The fourth-order valence-electron chi connectivity index (χ4n) is 6.12. The van der Waals surface area contributed by atoms with Crippen LogP contribution in [0.1, 0.15) is 30.0 Å². The molecule has 7 rings (SSSR count). The Labute approximate surface area is 241 Å². The van der Waals surface area contributed by atoms with Gasteiger partial charge in [0.15, 0.2) is 11.5 Å². The van der Waals surface area contributed by atoms with Crippen molar-refractivity contribution >= 4 is 17.1 Å². The van der Waals surface area contributed by atoms with Gasteiger partial charge in [0, 0.05) is 43.6 Å². The van der Waals surface area contributed by atoms with Crippen molar-refractivity contribution in [3.8, 4) is 22.9 Å².